The normalized spacial score (nSPS) is 17.0. The maximum atomic E-state index is 12.7. The van der Waals surface area contributed by atoms with E-state index in [0.29, 0.717) is 31.1 Å². The number of piperidine rings is 1. The van der Waals surface area contributed by atoms with Gasteiger partial charge in [-0.25, -0.2) is 0 Å². The van der Waals surface area contributed by atoms with Crippen molar-refractivity contribution >= 4 is 24.4 Å². The summed E-state index contributed by atoms with van der Waals surface area (Å²) in [4.78, 5) is 47.9. The zero-order valence-corrected chi connectivity index (χ0v) is 13.3. The van der Waals surface area contributed by atoms with Crippen molar-refractivity contribution in [3.05, 3.63) is 41.6 Å². The second kappa shape index (κ2) is 7.54. The Morgan fingerprint density at radius 1 is 1.46 bits per heavy atom. The summed E-state index contributed by atoms with van der Waals surface area (Å²) in [5.41, 5.74) is 0.792. The number of amides is 2. The van der Waals surface area contributed by atoms with Crippen LogP contribution in [-0.2, 0) is 9.59 Å². The van der Waals surface area contributed by atoms with Crippen molar-refractivity contribution in [3.8, 4) is 5.75 Å². The lowest BCUT2D eigenvalue weighted by atomic mass is 10.0. The summed E-state index contributed by atoms with van der Waals surface area (Å²) in [6.45, 7) is 3.48. The summed E-state index contributed by atoms with van der Waals surface area (Å²) in [5.74, 6) is -0.623. The molecule has 1 aromatic rings. The highest BCUT2D eigenvalue weighted by molar-refractivity contribution is 6.04. The SMILES string of the molecule is C=C1CCC(N(C)C(=O)c2cccc(OCC=O)c2C=O)C(=O)N1. The number of rotatable bonds is 6. The minimum absolute atomic E-state index is 0.0526. The monoisotopic (exact) mass is 330 g/mol. The van der Waals surface area contributed by atoms with Crippen LogP contribution < -0.4 is 10.1 Å². The highest BCUT2D eigenvalue weighted by atomic mass is 16.5. The van der Waals surface area contributed by atoms with Crippen molar-refractivity contribution in [2.75, 3.05) is 13.7 Å². The van der Waals surface area contributed by atoms with Crippen LogP contribution >= 0.6 is 0 Å². The van der Waals surface area contributed by atoms with Gasteiger partial charge in [0, 0.05) is 12.7 Å². The van der Waals surface area contributed by atoms with Crippen LogP contribution in [0.4, 0.5) is 0 Å². The second-order valence-corrected chi connectivity index (χ2v) is 5.38. The Hall–Kier alpha value is -2.96. The maximum Gasteiger partial charge on any atom is 0.255 e. The molecule has 0 saturated carbocycles. The van der Waals surface area contributed by atoms with Crippen molar-refractivity contribution in [1.29, 1.82) is 0 Å². The average Bonchev–Trinajstić information content (AvgIpc) is 2.58. The Kier molecular flexibility index (Phi) is 5.47. The average molecular weight is 330 g/mol. The maximum absolute atomic E-state index is 12.7. The highest BCUT2D eigenvalue weighted by Gasteiger charge is 2.32. The Bertz CT molecular complexity index is 698. The third-order valence-corrected chi connectivity index (χ3v) is 3.83. The van der Waals surface area contributed by atoms with Gasteiger partial charge >= 0.3 is 0 Å². The molecule has 0 bridgehead atoms. The standard InChI is InChI=1S/C17H18N2O5/c1-11-6-7-14(16(22)18-11)19(2)17(23)12-4-3-5-15(13(12)10-21)24-9-8-20/h3-5,8,10,14H,1,6-7,9H2,2H3,(H,18,22). The zero-order valence-electron chi connectivity index (χ0n) is 13.3. The fourth-order valence-corrected chi connectivity index (χ4v) is 2.56. The van der Waals surface area contributed by atoms with Crippen LogP contribution in [0, 0.1) is 0 Å². The van der Waals surface area contributed by atoms with E-state index in [1.807, 2.05) is 0 Å². The number of benzene rings is 1. The third-order valence-electron chi connectivity index (χ3n) is 3.83. The predicted molar refractivity (Wildman–Crippen MR) is 85.8 cm³/mol. The number of likely N-dealkylation sites (N-methyl/N-ethyl adjacent to an activating group) is 1. The van der Waals surface area contributed by atoms with E-state index in [1.54, 1.807) is 6.07 Å². The Morgan fingerprint density at radius 3 is 2.83 bits per heavy atom. The molecule has 1 aliphatic heterocycles. The number of ether oxygens (including phenoxy) is 1. The largest absolute Gasteiger partial charge is 0.485 e. The first kappa shape index (κ1) is 17.4. The summed E-state index contributed by atoms with van der Waals surface area (Å²) >= 11 is 0. The van der Waals surface area contributed by atoms with E-state index in [0.717, 1.165) is 0 Å². The van der Waals surface area contributed by atoms with Crippen molar-refractivity contribution in [3.63, 3.8) is 0 Å². The molecule has 0 aromatic heterocycles. The molecule has 2 rings (SSSR count). The molecule has 7 nitrogen and oxygen atoms in total. The number of hydrogen-bond donors (Lipinski definition) is 1. The molecule has 1 atom stereocenters. The topological polar surface area (TPSA) is 92.8 Å². The summed E-state index contributed by atoms with van der Waals surface area (Å²) in [6, 6.07) is 3.90. The van der Waals surface area contributed by atoms with Gasteiger partial charge in [-0.15, -0.1) is 0 Å². The number of aldehydes is 2. The lowest BCUT2D eigenvalue weighted by Gasteiger charge is -2.31. The molecule has 1 aliphatic rings. The second-order valence-electron chi connectivity index (χ2n) is 5.38. The van der Waals surface area contributed by atoms with E-state index in [2.05, 4.69) is 11.9 Å². The minimum atomic E-state index is -0.637. The quantitative estimate of drug-likeness (QED) is 0.784. The smallest absolute Gasteiger partial charge is 0.255 e. The molecule has 0 radical (unpaired) electrons. The first-order valence-corrected chi connectivity index (χ1v) is 7.40. The molecular formula is C17H18N2O5. The van der Waals surface area contributed by atoms with Crippen LogP contribution in [0.2, 0.25) is 0 Å². The molecule has 24 heavy (non-hydrogen) atoms. The van der Waals surface area contributed by atoms with E-state index < -0.39 is 11.9 Å². The number of nitrogens with zero attached hydrogens (tertiary/aromatic N) is 1. The van der Waals surface area contributed by atoms with Crippen LogP contribution in [0.25, 0.3) is 0 Å². The Morgan fingerprint density at radius 2 is 2.21 bits per heavy atom. The van der Waals surface area contributed by atoms with Gasteiger partial charge < -0.3 is 15.0 Å². The zero-order chi connectivity index (χ0) is 17.7. The van der Waals surface area contributed by atoms with Crippen molar-refractivity contribution in [1.82, 2.24) is 10.2 Å². The van der Waals surface area contributed by atoms with Crippen LogP contribution in [0.1, 0.15) is 33.6 Å². The van der Waals surface area contributed by atoms with E-state index in [9.17, 15) is 19.2 Å². The van der Waals surface area contributed by atoms with Crippen LogP contribution in [0.3, 0.4) is 0 Å². The van der Waals surface area contributed by atoms with Gasteiger partial charge in [-0.3, -0.25) is 19.2 Å². The van der Waals surface area contributed by atoms with E-state index in [4.69, 9.17) is 4.74 Å². The molecule has 1 heterocycles. The van der Waals surface area contributed by atoms with Crippen LogP contribution in [0.15, 0.2) is 30.5 Å². The van der Waals surface area contributed by atoms with Gasteiger partial charge in [0.25, 0.3) is 5.91 Å². The predicted octanol–water partition coefficient (Wildman–Crippen LogP) is 0.941. The molecule has 7 heteroatoms. The molecular weight excluding hydrogens is 312 g/mol. The first-order valence-electron chi connectivity index (χ1n) is 7.40. The molecule has 1 N–H and O–H groups in total. The van der Waals surface area contributed by atoms with Gasteiger partial charge in [0.05, 0.1) is 11.1 Å². The molecule has 0 aliphatic carbocycles. The first-order chi connectivity index (χ1) is 11.5. The number of hydrogen-bond acceptors (Lipinski definition) is 5. The highest BCUT2D eigenvalue weighted by Crippen LogP contribution is 2.24. The van der Waals surface area contributed by atoms with Crippen molar-refractivity contribution < 1.29 is 23.9 Å². The third kappa shape index (κ3) is 3.51. The van der Waals surface area contributed by atoms with Crippen LogP contribution in [-0.4, -0.2) is 49.0 Å². The number of carbonyl (C=O) groups excluding carboxylic acids is 4. The van der Waals surface area contributed by atoms with Crippen LogP contribution in [0.5, 0.6) is 5.75 Å². The molecule has 2 amide bonds. The Labute approximate surface area is 139 Å². The fraction of sp³-hybridized carbons (Fsp3) is 0.294. The molecule has 1 unspecified atom stereocenters. The molecule has 126 valence electrons. The molecule has 1 fully saturated rings. The summed E-state index contributed by atoms with van der Waals surface area (Å²) < 4.78 is 5.17. The van der Waals surface area contributed by atoms with E-state index >= 15 is 0 Å². The summed E-state index contributed by atoms with van der Waals surface area (Å²) in [5, 5.41) is 2.62. The number of nitrogens with one attached hydrogen (secondary N) is 1. The number of carbonyl (C=O) groups is 4. The van der Waals surface area contributed by atoms with Gasteiger partial charge in [-0.2, -0.15) is 0 Å². The Balaban J connectivity index is 2.28. The number of allylic oxidation sites excluding steroid dienone is 1. The molecule has 1 saturated heterocycles. The van der Waals surface area contributed by atoms with Gasteiger partial charge in [0.1, 0.15) is 18.4 Å². The van der Waals surface area contributed by atoms with Crippen molar-refractivity contribution in [2.24, 2.45) is 0 Å². The van der Waals surface area contributed by atoms with E-state index in [-0.39, 0.29) is 29.4 Å². The summed E-state index contributed by atoms with van der Waals surface area (Å²) in [6.07, 6.45) is 2.10. The minimum Gasteiger partial charge on any atom is -0.485 e. The van der Waals surface area contributed by atoms with Gasteiger partial charge in [0.15, 0.2) is 12.6 Å². The van der Waals surface area contributed by atoms with Gasteiger partial charge in [-0.1, -0.05) is 12.6 Å². The lowest BCUT2D eigenvalue weighted by molar-refractivity contribution is -0.125. The molecule has 1 aromatic carbocycles. The summed E-state index contributed by atoms with van der Waals surface area (Å²) in [7, 11) is 1.51. The van der Waals surface area contributed by atoms with Gasteiger partial charge in [0.2, 0.25) is 5.91 Å². The molecule has 0 spiro atoms. The fourth-order valence-electron chi connectivity index (χ4n) is 2.56. The van der Waals surface area contributed by atoms with Crippen molar-refractivity contribution in [2.45, 2.75) is 18.9 Å². The lowest BCUT2D eigenvalue weighted by Crippen LogP contribution is -2.50. The van der Waals surface area contributed by atoms with E-state index in [1.165, 1.54) is 24.1 Å². The van der Waals surface area contributed by atoms with Gasteiger partial charge in [-0.05, 0) is 25.0 Å².